The lowest BCUT2D eigenvalue weighted by Gasteiger charge is -2.28. The maximum atomic E-state index is 13.8. The monoisotopic (exact) mass is 805 g/mol. The smallest absolute Gasteiger partial charge is 0.326 e. The van der Waals surface area contributed by atoms with Gasteiger partial charge in [0.15, 0.2) is 5.96 Å². The molecule has 0 aliphatic rings. The van der Waals surface area contributed by atoms with Crippen LogP contribution >= 0.6 is 0 Å². The molecule has 22 nitrogen and oxygen atoms in total. The summed E-state index contributed by atoms with van der Waals surface area (Å²) in [6.45, 7) is 3.23. The number of carbonyl (C=O) groups excluding carboxylic acids is 7. The predicted molar refractivity (Wildman–Crippen MR) is 204 cm³/mol. The zero-order chi connectivity index (χ0) is 43.2. The van der Waals surface area contributed by atoms with Crippen molar-refractivity contribution in [3.63, 3.8) is 0 Å². The predicted octanol–water partition coefficient (Wildman–Crippen LogP) is -3.83. The quantitative estimate of drug-likeness (QED) is 0.0230. The number of guanidine groups is 1. The van der Waals surface area contributed by atoms with Gasteiger partial charge in [0.1, 0.15) is 30.2 Å². The summed E-state index contributed by atoms with van der Waals surface area (Å²) in [4.78, 5) is 117. The number of carboxylic acids is 2. The Morgan fingerprint density at radius 2 is 1.11 bits per heavy atom. The molecule has 316 valence electrons. The average Bonchev–Trinajstić information content (AvgIpc) is 3.13. The number of nitrogens with one attached hydrogen (secondary N) is 5. The highest BCUT2D eigenvalue weighted by atomic mass is 16.4. The fraction of sp³-hybridized carbons (Fsp3) is 0.543. The van der Waals surface area contributed by atoms with Gasteiger partial charge in [-0.15, -0.1) is 0 Å². The number of aliphatic carboxylic acids is 2. The molecular weight excluding hydrogens is 750 g/mol. The van der Waals surface area contributed by atoms with Crippen LogP contribution in [0.4, 0.5) is 0 Å². The molecule has 0 heterocycles. The zero-order valence-corrected chi connectivity index (χ0v) is 31.9. The van der Waals surface area contributed by atoms with E-state index in [4.69, 9.17) is 33.8 Å². The molecule has 1 rings (SSSR count). The summed E-state index contributed by atoms with van der Waals surface area (Å²) in [7, 11) is 0. The molecule has 17 N–H and O–H groups in total. The summed E-state index contributed by atoms with van der Waals surface area (Å²) in [6, 6.07) is 0.204. The normalized spacial score (nSPS) is 14.0. The summed E-state index contributed by atoms with van der Waals surface area (Å²) in [6.07, 6.45) is -2.16. The molecule has 0 aliphatic carbocycles. The van der Waals surface area contributed by atoms with E-state index in [0.717, 1.165) is 0 Å². The minimum atomic E-state index is -1.58. The third-order valence-corrected chi connectivity index (χ3v) is 8.35. The maximum absolute atomic E-state index is 13.8. The van der Waals surface area contributed by atoms with Crippen molar-refractivity contribution in [2.24, 2.45) is 39.6 Å². The number of nitrogens with zero attached hydrogens (tertiary/aromatic N) is 1. The Bertz CT molecular complexity index is 1600. The van der Waals surface area contributed by atoms with E-state index in [2.05, 4.69) is 31.6 Å². The van der Waals surface area contributed by atoms with Crippen LogP contribution in [0, 0.1) is 5.92 Å². The number of primary amides is 2. The molecule has 6 unspecified atom stereocenters. The van der Waals surface area contributed by atoms with E-state index in [1.165, 1.54) is 0 Å². The van der Waals surface area contributed by atoms with E-state index in [1.54, 1.807) is 44.2 Å². The molecule has 0 fully saturated rings. The zero-order valence-electron chi connectivity index (χ0n) is 31.9. The second kappa shape index (κ2) is 25.0. The first-order chi connectivity index (χ1) is 26.7. The van der Waals surface area contributed by atoms with Gasteiger partial charge in [-0.05, 0) is 43.6 Å². The highest BCUT2D eigenvalue weighted by molar-refractivity contribution is 5.96. The Morgan fingerprint density at radius 1 is 0.614 bits per heavy atom. The summed E-state index contributed by atoms with van der Waals surface area (Å²) in [5.74, 6) is -9.59. The van der Waals surface area contributed by atoms with Crippen LogP contribution < -0.4 is 55.3 Å². The molecule has 7 amide bonds. The fourth-order valence-electron chi connectivity index (χ4n) is 5.21. The highest BCUT2D eigenvalue weighted by Gasteiger charge is 2.34. The molecule has 1 aromatic rings. The number of aliphatic imine (C=N–C) groups is 1. The number of rotatable bonds is 27. The van der Waals surface area contributed by atoms with Crippen molar-refractivity contribution in [2.45, 2.75) is 108 Å². The molecule has 57 heavy (non-hydrogen) atoms. The van der Waals surface area contributed by atoms with Crippen LogP contribution in [0.15, 0.2) is 35.3 Å². The molecule has 0 aromatic heterocycles. The van der Waals surface area contributed by atoms with Crippen molar-refractivity contribution in [1.82, 2.24) is 26.6 Å². The Balaban J connectivity index is 3.38. The third kappa shape index (κ3) is 19.7. The topological polar surface area (TPSA) is 397 Å². The standard InChI is InChI=1S/C35H55N11O11/c1-18(2)28(46-32(54)24(17-19-7-4-3-5-8-19)45-29(51)20(36)10-15-27(49)50)33(55)43-21(9-6-16-41-35(39)40)30(52)42-22(11-13-25(37)47)31(53)44-23(34(56)57)12-14-26(38)48/h3-5,7-8,18,20-24,28H,6,9-17,36H2,1-2H3,(H2,37,47)(H2,38,48)(H,42,52)(H,43,55)(H,44,53)(H,45,51)(H,46,54)(H,49,50)(H,56,57)(H4,39,40,41). The van der Waals surface area contributed by atoms with Gasteiger partial charge in [-0.2, -0.15) is 0 Å². The Labute approximate surface area is 328 Å². The largest absolute Gasteiger partial charge is 0.481 e. The first-order valence-electron chi connectivity index (χ1n) is 18.1. The van der Waals surface area contributed by atoms with Crippen LogP contribution in [0.1, 0.15) is 70.8 Å². The van der Waals surface area contributed by atoms with E-state index < -0.39 is 108 Å². The van der Waals surface area contributed by atoms with Gasteiger partial charge in [0.25, 0.3) is 0 Å². The second-order valence-electron chi connectivity index (χ2n) is 13.5. The van der Waals surface area contributed by atoms with E-state index in [9.17, 15) is 48.3 Å². The second-order valence-corrected chi connectivity index (χ2v) is 13.5. The fourth-order valence-corrected chi connectivity index (χ4v) is 5.21. The minimum absolute atomic E-state index is 0.0214. The molecule has 0 radical (unpaired) electrons. The van der Waals surface area contributed by atoms with Gasteiger partial charge in [-0.1, -0.05) is 44.2 Å². The van der Waals surface area contributed by atoms with Gasteiger partial charge < -0.3 is 65.5 Å². The summed E-state index contributed by atoms with van der Waals surface area (Å²) >= 11 is 0. The van der Waals surface area contributed by atoms with Crippen molar-refractivity contribution in [2.75, 3.05) is 6.54 Å². The summed E-state index contributed by atoms with van der Waals surface area (Å²) in [5.41, 5.74) is 27.7. The van der Waals surface area contributed by atoms with Crippen LogP contribution in [0.25, 0.3) is 0 Å². The number of hydrogen-bond donors (Lipinski definition) is 12. The van der Waals surface area contributed by atoms with Crippen molar-refractivity contribution < 1.29 is 53.4 Å². The van der Waals surface area contributed by atoms with Crippen LogP contribution in [-0.4, -0.2) is 112 Å². The van der Waals surface area contributed by atoms with Crippen molar-refractivity contribution in [3.8, 4) is 0 Å². The van der Waals surface area contributed by atoms with Gasteiger partial charge in [-0.25, -0.2) is 4.79 Å². The van der Waals surface area contributed by atoms with Gasteiger partial charge in [-0.3, -0.25) is 43.3 Å². The Kier molecular flexibility index (Phi) is 21.3. The maximum Gasteiger partial charge on any atom is 0.326 e. The molecule has 0 bridgehead atoms. The number of carboxylic acid groups (broad SMARTS) is 2. The molecular formula is C35H55N11O11. The lowest BCUT2D eigenvalue weighted by molar-refractivity contribution is -0.143. The number of benzene rings is 1. The minimum Gasteiger partial charge on any atom is -0.481 e. The van der Waals surface area contributed by atoms with Gasteiger partial charge >= 0.3 is 11.9 Å². The van der Waals surface area contributed by atoms with E-state index in [0.29, 0.717) is 5.56 Å². The third-order valence-electron chi connectivity index (χ3n) is 8.35. The molecule has 0 aliphatic heterocycles. The SMILES string of the molecule is CC(C)C(NC(=O)C(Cc1ccccc1)NC(=O)C(N)CCC(=O)O)C(=O)NC(CCCN=C(N)N)C(=O)NC(CCC(N)=O)C(=O)NC(CCC(N)=O)C(=O)O. The summed E-state index contributed by atoms with van der Waals surface area (Å²) in [5, 5.41) is 30.9. The Hall–Kier alpha value is -6.32. The van der Waals surface area contributed by atoms with Gasteiger partial charge in [0, 0.05) is 32.2 Å². The first kappa shape index (κ1) is 48.7. The Morgan fingerprint density at radius 3 is 1.61 bits per heavy atom. The first-order valence-corrected chi connectivity index (χ1v) is 18.1. The lowest BCUT2D eigenvalue weighted by atomic mass is 9.99. The lowest BCUT2D eigenvalue weighted by Crippen LogP contribution is -2.60. The van der Waals surface area contributed by atoms with E-state index in [-0.39, 0.29) is 57.5 Å². The number of hydrogen-bond acceptors (Lipinski definition) is 11. The van der Waals surface area contributed by atoms with Crippen molar-refractivity contribution in [3.05, 3.63) is 35.9 Å². The van der Waals surface area contributed by atoms with Crippen LogP contribution in [0.3, 0.4) is 0 Å². The average molecular weight is 806 g/mol. The van der Waals surface area contributed by atoms with Gasteiger partial charge in [0.05, 0.1) is 6.04 Å². The molecule has 22 heteroatoms. The molecule has 6 atom stereocenters. The van der Waals surface area contributed by atoms with Crippen LogP contribution in [0.2, 0.25) is 0 Å². The number of carbonyl (C=O) groups is 9. The summed E-state index contributed by atoms with van der Waals surface area (Å²) < 4.78 is 0. The molecule has 0 spiro atoms. The number of amides is 7. The molecule has 1 aromatic carbocycles. The molecule has 0 saturated heterocycles. The van der Waals surface area contributed by atoms with E-state index in [1.807, 2.05) is 0 Å². The van der Waals surface area contributed by atoms with Crippen molar-refractivity contribution >= 4 is 59.2 Å². The van der Waals surface area contributed by atoms with Crippen LogP contribution in [-0.2, 0) is 49.6 Å². The highest BCUT2D eigenvalue weighted by Crippen LogP contribution is 2.10. The van der Waals surface area contributed by atoms with Crippen molar-refractivity contribution in [1.29, 1.82) is 0 Å². The van der Waals surface area contributed by atoms with E-state index >= 15 is 0 Å². The van der Waals surface area contributed by atoms with Gasteiger partial charge in [0.2, 0.25) is 41.4 Å². The molecule has 0 saturated carbocycles. The van der Waals surface area contributed by atoms with Crippen LogP contribution in [0.5, 0.6) is 0 Å². The number of nitrogens with two attached hydrogens (primary N) is 5.